The van der Waals surface area contributed by atoms with Crippen molar-refractivity contribution < 1.29 is 8.83 Å². The van der Waals surface area contributed by atoms with Gasteiger partial charge in [0.2, 0.25) is 0 Å². The molecule has 72 heavy (non-hydrogen) atoms. The Balaban J connectivity index is 0.950. The minimum absolute atomic E-state index is 0.551. The predicted molar refractivity (Wildman–Crippen MR) is 298 cm³/mol. The van der Waals surface area contributed by atoms with Gasteiger partial charge >= 0.3 is 0 Å². The minimum Gasteiger partial charge on any atom is -0.455 e. The lowest BCUT2D eigenvalue weighted by atomic mass is 9.70. The zero-order valence-electron chi connectivity index (χ0n) is 39.8. The standard InChI is InChI=1S/C69H45NO2/c1-42-25-36-53-54-37-26-43(2)40-62(54)69(61(53)39-42)60-22-12-17-50(44-13-4-3-5-14-44)66(60)59-38-35-49(41-63(59)69)70(47-31-27-45(28-32-47)51-18-10-20-57-55-15-6-8-23-64(55)71-67(51)57)48-33-29-46(30-34-48)52-19-11-21-58-56-16-7-9-24-65(56)72-68(52)58/h3-41H,1-2H3. The molecule has 2 aliphatic carbocycles. The third-order valence-corrected chi connectivity index (χ3v) is 15.6. The molecule has 0 unspecified atom stereocenters. The highest BCUT2D eigenvalue weighted by atomic mass is 16.3. The summed E-state index contributed by atoms with van der Waals surface area (Å²) in [7, 11) is 0. The number of furan rings is 2. The van der Waals surface area contributed by atoms with Crippen molar-refractivity contribution in [1.82, 2.24) is 0 Å². The number of para-hydroxylation sites is 4. The van der Waals surface area contributed by atoms with Gasteiger partial charge in [0.15, 0.2) is 0 Å². The van der Waals surface area contributed by atoms with Crippen molar-refractivity contribution in [3.8, 4) is 55.6 Å². The molecule has 11 aromatic carbocycles. The van der Waals surface area contributed by atoms with Crippen LogP contribution in [-0.4, -0.2) is 0 Å². The van der Waals surface area contributed by atoms with Gasteiger partial charge < -0.3 is 13.7 Å². The summed E-state index contributed by atoms with van der Waals surface area (Å²) >= 11 is 0. The van der Waals surface area contributed by atoms with E-state index >= 15 is 0 Å². The van der Waals surface area contributed by atoms with Crippen LogP contribution in [0.4, 0.5) is 17.1 Å². The Morgan fingerprint density at radius 3 is 1.32 bits per heavy atom. The second-order valence-corrected chi connectivity index (χ2v) is 19.7. The summed E-state index contributed by atoms with van der Waals surface area (Å²) in [6, 6.07) is 86.8. The van der Waals surface area contributed by atoms with E-state index in [0.717, 1.165) is 83.2 Å². The maximum Gasteiger partial charge on any atom is 0.143 e. The van der Waals surface area contributed by atoms with E-state index in [1.54, 1.807) is 0 Å². The summed E-state index contributed by atoms with van der Waals surface area (Å²) in [6.45, 7) is 4.46. The first kappa shape index (κ1) is 40.7. The largest absolute Gasteiger partial charge is 0.455 e. The first-order valence-corrected chi connectivity index (χ1v) is 24.9. The smallest absolute Gasteiger partial charge is 0.143 e. The van der Waals surface area contributed by atoms with Crippen LogP contribution in [0, 0.1) is 13.8 Å². The summed E-state index contributed by atoms with van der Waals surface area (Å²) in [6.07, 6.45) is 0. The molecule has 0 N–H and O–H groups in total. The van der Waals surface area contributed by atoms with Gasteiger partial charge in [-0.2, -0.15) is 0 Å². The van der Waals surface area contributed by atoms with E-state index in [1.165, 1.54) is 66.8 Å². The number of hydrogen-bond donors (Lipinski definition) is 0. The molecule has 0 radical (unpaired) electrons. The van der Waals surface area contributed by atoms with Crippen LogP contribution >= 0.6 is 0 Å². The maximum absolute atomic E-state index is 6.55. The summed E-state index contributed by atoms with van der Waals surface area (Å²) in [5.41, 5.74) is 26.0. The van der Waals surface area contributed by atoms with Crippen LogP contribution < -0.4 is 4.90 Å². The SMILES string of the molecule is Cc1ccc2c(c1)C1(c3cc(C)ccc3-2)c2cc(N(c3ccc(-c4cccc5c4oc4ccccc45)cc3)c3ccc(-c4cccc5c4oc4ccccc45)cc3)ccc2-c2c(-c3ccccc3)cccc21. The molecule has 2 aromatic heterocycles. The highest BCUT2D eigenvalue weighted by Gasteiger charge is 2.52. The van der Waals surface area contributed by atoms with Crippen LogP contribution in [0.1, 0.15) is 33.4 Å². The van der Waals surface area contributed by atoms with Crippen molar-refractivity contribution in [3.63, 3.8) is 0 Å². The molecule has 0 fully saturated rings. The molecule has 15 rings (SSSR count). The van der Waals surface area contributed by atoms with E-state index in [1.807, 2.05) is 12.1 Å². The minimum atomic E-state index is -0.551. The molecule has 0 bridgehead atoms. The third kappa shape index (κ3) is 5.79. The molecule has 2 heterocycles. The third-order valence-electron chi connectivity index (χ3n) is 15.6. The maximum atomic E-state index is 6.55. The lowest BCUT2D eigenvalue weighted by molar-refractivity contribution is 0.669. The van der Waals surface area contributed by atoms with Crippen LogP contribution in [-0.2, 0) is 5.41 Å². The van der Waals surface area contributed by atoms with Crippen LogP contribution in [0.25, 0.3) is 99.5 Å². The Morgan fingerprint density at radius 2 is 0.750 bits per heavy atom. The van der Waals surface area contributed by atoms with Crippen LogP contribution in [0.3, 0.4) is 0 Å². The van der Waals surface area contributed by atoms with E-state index in [4.69, 9.17) is 8.83 Å². The zero-order chi connectivity index (χ0) is 47.7. The van der Waals surface area contributed by atoms with E-state index in [0.29, 0.717) is 0 Å². The second-order valence-electron chi connectivity index (χ2n) is 19.7. The molecule has 0 saturated carbocycles. The Bertz CT molecular complexity index is 4140. The molecule has 3 heteroatoms. The Labute approximate surface area is 417 Å². The van der Waals surface area contributed by atoms with Crippen molar-refractivity contribution in [2.24, 2.45) is 0 Å². The molecule has 0 amide bonds. The number of benzene rings is 11. The Morgan fingerprint density at radius 1 is 0.306 bits per heavy atom. The van der Waals surface area contributed by atoms with Gasteiger partial charge in [0.05, 0.1) is 5.41 Å². The monoisotopic (exact) mass is 919 g/mol. The average molecular weight is 920 g/mol. The number of anilines is 3. The fourth-order valence-corrected chi connectivity index (χ4v) is 12.5. The highest BCUT2D eigenvalue weighted by molar-refractivity contribution is 6.11. The summed E-state index contributed by atoms with van der Waals surface area (Å²) in [4.78, 5) is 2.43. The fraction of sp³-hybridized carbons (Fsp3) is 0.0435. The number of rotatable bonds is 6. The van der Waals surface area contributed by atoms with Gasteiger partial charge in [-0.05, 0) is 129 Å². The van der Waals surface area contributed by atoms with E-state index in [9.17, 15) is 0 Å². The molecular formula is C69H45NO2. The van der Waals surface area contributed by atoms with Gasteiger partial charge in [-0.3, -0.25) is 0 Å². The van der Waals surface area contributed by atoms with Crippen molar-refractivity contribution in [3.05, 3.63) is 270 Å². The number of nitrogens with zero attached hydrogens (tertiary/aromatic N) is 1. The molecule has 338 valence electrons. The lowest BCUT2D eigenvalue weighted by Gasteiger charge is -2.32. The van der Waals surface area contributed by atoms with E-state index in [-0.39, 0.29) is 0 Å². The number of aryl methyl sites for hydroxylation is 2. The molecule has 2 aliphatic rings. The van der Waals surface area contributed by atoms with Gasteiger partial charge in [-0.1, -0.05) is 199 Å². The number of fused-ring (bicyclic) bond motifs is 16. The van der Waals surface area contributed by atoms with Gasteiger partial charge in [0.1, 0.15) is 22.3 Å². The quantitative estimate of drug-likeness (QED) is 0.166. The normalized spacial score (nSPS) is 13.0. The van der Waals surface area contributed by atoms with E-state index < -0.39 is 5.41 Å². The number of hydrogen-bond acceptors (Lipinski definition) is 3. The first-order chi connectivity index (χ1) is 35.5. The van der Waals surface area contributed by atoms with Crippen molar-refractivity contribution >= 4 is 60.9 Å². The zero-order valence-corrected chi connectivity index (χ0v) is 39.8. The van der Waals surface area contributed by atoms with Gasteiger partial charge in [0.25, 0.3) is 0 Å². The topological polar surface area (TPSA) is 29.5 Å². The van der Waals surface area contributed by atoms with Gasteiger partial charge in [-0.25, -0.2) is 0 Å². The summed E-state index contributed by atoms with van der Waals surface area (Å²) < 4.78 is 13.1. The second kappa shape index (κ2) is 15.4. The van der Waals surface area contributed by atoms with Crippen LogP contribution in [0.5, 0.6) is 0 Å². The fourth-order valence-electron chi connectivity index (χ4n) is 12.5. The van der Waals surface area contributed by atoms with Crippen molar-refractivity contribution in [2.75, 3.05) is 4.90 Å². The molecule has 0 atom stereocenters. The molecule has 1 spiro atoms. The highest BCUT2D eigenvalue weighted by Crippen LogP contribution is 2.65. The van der Waals surface area contributed by atoms with Gasteiger partial charge in [-0.15, -0.1) is 0 Å². The van der Waals surface area contributed by atoms with Crippen LogP contribution in [0.2, 0.25) is 0 Å². The summed E-state index contributed by atoms with van der Waals surface area (Å²) in [5.74, 6) is 0. The molecular weight excluding hydrogens is 875 g/mol. The summed E-state index contributed by atoms with van der Waals surface area (Å²) in [5, 5.41) is 4.50. The molecule has 3 nitrogen and oxygen atoms in total. The van der Waals surface area contributed by atoms with E-state index in [2.05, 4.69) is 243 Å². The first-order valence-electron chi connectivity index (χ1n) is 24.9. The predicted octanol–water partition coefficient (Wildman–Crippen LogP) is 18.9. The van der Waals surface area contributed by atoms with Crippen molar-refractivity contribution in [2.45, 2.75) is 19.3 Å². The lowest BCUT2D eigenvalue weighted by Crippen LogP contribution is -2.26. The Hall–Kier alpha value is -9.18. The molecule has 0 aliphatic heterocycles. The molecule has 13 aromatic rings. The van der Waals surface area contributed by atoms with Crippen LogP contribution in [0.15, 0.2) is 245 Å². The molecule has 0 saturated heterocycles. The van der Waals surface area contributed by atoms with Gasteiger partial charge in [0, 0.05) is 49.7 Å². The Kier molecular flexibility index (Phi) is 8.71. The average Bonchev–Trinajstić information content (AvgIpc) is 4.16. The van der Waals surface area contributed by atoms with Crippen molar-refractivity contribution in [1.29, 1.82) is 0 Å².